The quantitative estimate of drug-likeness (QED) is 0.723. The minimum absolute atomic E-state index is 0.461. The molecule has 3 heteroatoms. The van der Waals surface area contributed by atoms with E-state index in [4.69, 9.17) is 9.16 Å². The smallest absolute Gasteiger partial charge is 0.190 e. The van der Waals surface area contributed by atoms with Crippen molar-refractivity contribution in [2.75, 3.05) is 6.61 Å². The van der Waals surface area contributed by atoms with Crippen LogP contribution in [0.4, 0.5) is 0 Å². The topological polar surface area (TPSA) is 18.5 Å². The zero-order valence-electron chi connectivity index (χ0n) is 9.02. The third-order valence-electron chi connectivity index (χ3n) is 2.69. The highest BCUT2D eigenvalue weighted by atomic mass is 28.2. The first-order valence-electron chi connectivity index (χ1n) is 5.68. The lowest BCUT2D eigenvalue weighted by Crippen LogP contribution is -2.27. The maximum absolute atomic E-state index is 5.77. The van der Waals surface area contributed by atoms with Crippen molar-refractivity contribution in [1.82, 2.24) is 0 Å². The molecule has 82 valence electrons. The van der Waals surface area contributed by atoms with E-state index in [2.05, 4.69) is 24.3 Å². The Hall–Kier alpha value is -0.643. The predicted molar refractivity (Wildman–Crippen MR) is 63.4 cm³/mol. The van der Waals surface area contributed by atoms with Gasteiger partial charge in [-0.15, -0.1) is 0 Å². The van der Waals surface area contributed by atoms with E-state index >= 15 is 0 Å². The Morgan fingerprint density at radius 3 is 2.87 bits per heavy atom. The summed E-state index contributed by atoms with van der Waals surface area (Å²) in [5.41, 5.74) is 1.73. The van der Waals surface area contributed by atoms with Crippen LogP contribution in [0.15, 0.2) is 30.3 Å². The van der Waals surface area contributed by atoms with Gasteiger partial charge in [0, 0.05) is 6.61 Å². The van der Waals surface area contributed by atoms with Gasteiger partial charge < -0.3 is 9.16 Å². The minimum atomic E-state index is -0.501. The molecule has 2 nitrogen and oxygen atoms in total. The number of hydrogen-bond donors (Lipinski definition) is 0. The van der Waals surface area contributed by atoms with E-state index < -0.39 is 9.76 Å². The lowest BCUT2D eigenvalue weighted by atomic mass is 10.2. The van der Waals surface area contributed by atoms with E-state index in [0.717, 1.165) is 13.2 Å². The van der Waals surface area contributed by atoms with Gasteiger partial charge in [0.05, 0.1) is 12.3 Å². The predicted octanol–water partition coefficient (Wildman–Crippen LogP) is 1.81. The molecule has 0 saturated carbocycles. The van der Waals surface area contributed by atoms with Gasteiger partial charge in [-0.25, -0.2) is 0 Å². The van der Waals surface area contributed by atoms with Crippen molar-refractivity contribution in [2.45, 2.75) is 31.6 Å². The summed E-state index contributed by atoms with van der Waals surface area (Å²) in [7, 11) is -0.501. The van der Waals surface area contributed by atoms with Crippen LogP contribution in [0.1, 0.15) is 24.8 Å². The maximum Gasteiger partial charge on any atom is 0.190 e. The minimum Gasteiger partial charge on any atom is -0.417 e. The summed E-state index contributed by atoms with van der Waals surface area (Å²) < 4.78 is 11.4. The molecule has 1 aliphatic rings. The molecule has 1 heterocycles. The first kappa shape index (κ1) is 10.9. The molecule has 1 aromatic rings. The van der Waals surface area contributed by atoms with Crippen LogP contribution in [0.3, 0.4) is 0 Å². The number of hydrogen-bond acceptors (Lipinski definition) is 2. The largest absolute Gasteiger partial charge is 0.417 e. The summed E-state index contributed by atoms with van der Waals surface area (Å²) in [4.78, 5) is 0. The summed E-state index contributed by atoms with van der Waals surface area (Å²) in [6, 6.07) is 10.4. The third-order valence-corrected chi connectivity index (χ3v) is 4.14. The van der Waals surface area contributed by atoms with Gasteiger partial charge in [0.25, 0.3) is 0 Å². The van der Waals surface area contributed by atoms with E-state index in [1.54, 1.807) is 0 Å². The van der Waals surface area contributed by atoms with Crippen LogP contribution in [0.5, 0.6) is 0 Å². The van der Waals surface area contributed by atoms with Crippen molar-refractivity contribution >= 4 is 9.76 Å². The summed E-state index contributed by atoms with van der Waals surface area (Å²) in [6.45, 7) is 1.69. The van der Waals surface area contributed by atoms with Gasteiger partial charge in [-0.1, -0.05) is 30.3 Å². The van der Waals surface area contributed by atoms with Crippen molar-refractivity contribution in [3.05, 3.63) is 35.9 Å². The molecule has 0 amide bonds. The van der Waals surface area contributed by atoms with E-state index in [1.165, 1.54) is 24.8 Å². The molecule has 1 fully saturated rings. The first-order valence-corrected chi connectivity index (χ1v) is 7.08. The van der Waals surface area contributed by atoms with E-state index in [1.807, 2.05) is 6.07 Å². The molecule has 1 aromatic carbocycles. The summed E-state index contributed by atoms with van der Waals surface area (Å²) in [6.07, 6.45) is 3.75. The molecule has 0 aromatic heterocycles. The van der Waals surface area contributed by atoms with Crippen LogP contribution in [0, 0.1) is 0 Å². The van der Waals surface area contributed by atoms with Gasteiger partial charge in [-0.3, -0.25) is 0 Å². The number of rotatable bonds is 4. The third kappa shape index (κ3) is 3.78. The molecule has 1 unspecified atom stereocenters. The monoisotopic (exact) mass is 222 g/mol. The fourth-order valence-corrected chi connectivity index (χ4v) is 3.16. The summed E-state index contributed by atoms with van der Waals surface area (Å²) >= 11 is 0. The van der Waals surface area contributed by atoms with Crippen LogP contribution in [-0.4, -0.2) is 22.1 Å². The molecular formula is C12H18O2Si. The molecule has 1 saturated heterocycles. The van der Waals surface area contributed by atoms with Crippen molar-refractivity contribution < 1.29 is 9.16 Å². The molecular weight excluding hydrogens is 204 g/mol. The Balaban J connectivity index is 1.66. The van der Waals surface area contributed by atoms with E-state index in [-0.39, 0.29) is 0 Å². The normalized spacial score (nSPS) is 22.3. The molecule has 0 aliphatic carbocycles. The van der Waals surface area contributed by atoms with Crippen LogP contribution >= 0.6 is 0 Å². The molecule has 0 bridgehead atoms. The van der Waals surface area contributed by atoms with Crippen molar-refractivity contribution in [3.63, 3.8) is 0 Å². The highest BCUT2D eigenvalue weighted by Gasteiger charge is 2.14. The Morgan fingerprint density at radius 2 is 2.13 bits per heavy atom. The second-order valence-corrected chi connectivity index (χ2v) is 5.64. The zero-order valence-corrected chi connectivity index (χ0v) is 10.4. The van der Waals surface area contributed by atoms with Gasteiger partial charge in [-0.2, -0.15) is 0 Å². The lowest BCUT2D eigenvalue weighted by molar-refractivity contribution is 0.0543. The number of benzene rings is 1. The standard InChI is InChI=1S/C12H18O2Si/c1-2-6-11(7-3-1)10-14-15-12-8-4-5-9-13-12/h1-3,6-7,12H,4-5,8-10,15H2. The van der Waals surface area contributed by atoms with Crippen LogP contribution < -0.4 is 0 Å². The summed E-state index contributed by atoms with van der Waals surface area (Å²) in [5, 5.41) is 0. The molecule has 1 aliphatic heterocycles. The Kier molecular flexibility index (Phi) is 4.38. The fourth-order valence-electron chi connectivity index (χ4n) is 1.82. The summed E-state index contributed by atoms with van der Waals surface area (Å²) in [5.74, 6) is 0. The van der Waals surface area contributed by atoms with Crippen LogP contribution in [-0.2, 0) is 15.8 Å². The number of ether oxygens (including phenoxy) is 1. The Morgan fingerprint density at radius 1 is 1.27 bits per heavy atom. The highest BCUT2D eigenvalue weighted by Crippen LogP contribution is 2.12. The van der Waals surface area contributed by atoms with Gasteiger partial charge >= 0.3 is 0 Å². The molecule has 1 atom stereocenters. The molecule has 0 N–H and O–H groups in total. The van der Waals surface area contributed by atoms with E-state index in [0.29, 0.717) is 5.73 Å². The highest BCUT2D eigenvalue weighted by molar-refractivity contribution is 6.29. The Labute approximate surface area is 93.5 Å². The van der Waals surface area contributed by atoms with Crippen LogP contribution in [0.2, 0.25) is 0 Å². The van der Waals surface area contributed by atoms with Crippen molar-refractivity contribution in [1.29, 1.82) is 0 Å². The molecule has 0 spiro atoms. The zero-order chi connectivity index (χ0) is 10.3. The van der Waals surface area contributed by atoms with Crippen molar-refractivity contribution in [2.24, 2.45) is 0 Å². The van der Waals surface area contributed by atoms with E-state index in [9.17, 15) is 0 Å². The molecule has 0 radical (unpaired) electrons. The van der Waals surface area contributed by atoms with Crippen LogP contribution in [0.25, 0.3) is 0 Å². The van der Waals surface area contributed by atoms with Crippen molar-refractivity contribution in [3.8, 4) is 0 Å². The molecule has 15 heavy (non-hydrogen) atoms. The second kappa shape index (κ2) is 6.05. The second-order valence-electron chi connectivity index (χ2n) is 3.99. The first-order chi connectivity index (χ1) is 7.45. The SMILES string of the molecule is c1ccc(CO[SiH2]C2CCCCO2)cc1. The van der Waals surface area contributed by atoms with Gasteiger partial charge in [0.15, 0.2) is 9.76 Å². The van der Waals surface area contributed by atoms with Gasteiger partial charge in [-0.05, 0) is 24.8 Å². The molecule has 2 rings (SSSR count). The lowest BCUT2D eigenvalue weighted by Gasteiger charge is -2.21. The average Bonchev–Trinajstić information content (AvgIpc) is 2.32. The Bertz CT molecular complexity index is 270. The van der Waals surface area contributed by atoms with Gasteiger partial charge in [0.2, 0.25) is 0 Å². The average molecular weight is 222 g/mol. The fraction of sp³-hybridized carbons (Fsp3) is 0.500. The van der Waals surface area contributed by atoms with Gasteiger partial charge in [0.1, 0.15) is 0 Å². The maximum atomic E-state index is 5.77.